The van der Waals surface area contributed by atoms with E-state index in [4.69, 9.17) is 4.74 Å². The molecule has 0 N–H and O–H groups in total. The topological polar surface area (TPSA) is 21.6 Å². The van der Waals surface area contributed by atoms with E-state index < -0.39 is 11.6 Å². The Morgan fingerprint density at radius 2 is 1.36 bits per heavy atom. The molecule has 0 amide bonds. The molecule has 0 bridgehead atoms. The minimum Gasteiger partial charge on any atom is -0.475 e. The fourth-order valence-corrected chi connectivity index (χ4v) is 2.98. The van der Waals surface area contributed by atoms with Crippen molar-refractivity contribution in [3.05, 3.63) is 106 Å². The lowest BCUT2D eigenvalue weighted by Crippen LogP contribution is -2.07. The average Bonchev–Trinajstić information content (AvgIpc) is 3.17. The molecule has 140 valence electrons. The minimum atomic E-state index is -0.694. The smallest absolute Gasteiger partial charge is 0.222 e. The maximum absolute atomic E-state index is 13.9. The van der Waals surface area contributed by atoms with E-state index in [2.05, 4.69) is 4.99 Å². The Balaban J connectivity index is 1.50. The van der Waals surface area contributed by atoms with Gasteiger partial charge in [-0.2, -0.15) is 0 Å². The number of hydrogen-bond acceptors (Lipinski definition) is 2. The van der Waals surface area contributed by atoms with Crippen LogP contribution in [0.25, 0.3) is 12.2 Å². The van der Waals surface area contributed by atoms with Gasteiger partial charge in [-0.3, -0.25) is 0 Å². The summed E-state index contributed by atoms with van der Waals surface area (Å²) < 4.78 is 46.2. The molecular weight excluding hydrogens is 363 g/mol. The van der Waals surface area contributed by atoms with Crippen LogP contribution in [0.5, 0.6) is 0 Å². The first-order valence-electron chi connectivity index (χ1n) is 8.79. The van der Waals surface area contributed by atoms with Gasteiger partial charge in [-0.25, -0.2) is 18.2 Å². The highest BCUT2D eigenvalue weighted by atomic mass is 19.1. The van der Waals surface area contributed by atoms with Crippen LogP contribution in [0, 0.1) is 17.5 Å². The first kappa shape index (κ1) is 18.0. The average molecular weight is 379 g/mol. The van der Waals surface area contributed by atoms with Crippen LogP contribution in [0.15, 0.2) is 71.7 Å². The standard InChI is InChI=1S/C23H16F3NO/c24-18-12-8-16(9-13-18)5-4-15-6-10-17(11-7-15)21-14-28-23(27-21)22-19(25)2-1-3-20(22)26/h1-13,21H,14H2. The molecule has 3 aromatic carbocycles. The molecule has 0 saturated heterocycles. The van der Waals surface area contributed by atoms with Crippen molar-refractivity contribution in [1.82, 2.24) is 0 Å². The third-order valence-electron chi connectivity index (χ3n) is 4.49. The van der Waals surface area contributed by atoms with E-state index in [1.807, 2.05) is 36.4 Å². The molecule has 1 aliphatic heterocycles. The number of benzene rings is 3. The molecule has 1 heterocycles. The van der Waals surface area contributed by atoms with Gasteiger partial charge in [-0.1, -0.05) is 54.6 Å². The molecule has 0 saturated carbocycles. The molecule has 0 aromatic heterocycles. The highest BCUT2D eigenvalue weighted by molar-refractivity contribution is 5.95. The lowest BCUT2D eigenvalue weighted by Gasteiger charge is -2.05. The summed E-state index contributed by atoms with van der Waals surface area (Å²) in [6, 6.07) is 17.2. The molecule has 2 nitrogen and oxygen atoms in total. The maximum atomic E-state index is 13.9. The molecule has 1 atom stereocenters. The Hall–Kier alpha value is -3.34. The van der Waals surface area contributed by atoms with E-state index in [-0.39, 0.29) is 29.9 Å². The van der Waals surface area contributed by atoms with Crippen molar-refractivity contribution >= 4 is 18.0 Å². The highest BCUT2D eigenvalue weighted by Gasteiger charge is 2.25. The van der Waals surface area contributed by atoms with Crippen LogP contribution in [0.4, 0.5) is 13.2 Å². The lowest BCUT2D eigenvalue weighted by molar-refractivity contribution is 0.317. The molecule has 28 heavy (non-hydrogen) atoms. The molecule has 0 radical (unpaired) electrons. The largest absolute Gasteiger partial charge is 0.475 e. The monoisotopic (exact) mass is 379 g/mol. The van der Waals surface area contributed by atoms with E-state index in [9.17, 15) is 13.2 Å². The molecular formula is C23H16F3NO. The van der Waals surface area contributed by atoms with Crippen molar-refractivity contribution < 1.29 is 17.9 Å². The first-order valence-corrected chi connectivity index (χ1v) is 8.79. The van der Waals surface area contributed by atoms with Crippen LogP contribution in [-0.2, 0) is 4.74 Å². The highest BCUT2D eigenvalue weighted by Crippen LogP contribution is 2.27. The Bertz CT molecular complexity index is 1020. The van der Waals surface area contributed by atoms with E-state index >= 15 is 0 Å². The Morgan fingerprint density at radius 3 is 1.96 bits per heavy atom. The summed E-state index contributed by atoms with van der Waals surface area (Å²) in [5.74, 6) is -1.67. The molecule has 0 spiro atoms. The fourth-order valence-electron chi connectivity index (χ4n) is 2.98. The number of nitrogens with zero attached hydrogens (tertiary/aromatic N) is 1. The molecule has 4 rings (SSSR count). The summed E-state index contributed by atoms with van der Waals surface area (Å²) in [5.41, 5.74) is 2.53. The number of hydrogen-bond donors (Lipinski definition) is 0. The molecule has 1 aliphatic rings. The van der Waals surface area contributed by atoms with Crippen molar-refractivity contribution in [2.75, 3.05) is 6.61 Å². The summed E-state index contributed by atoms with van der Waals surface area (Å²) in [7, 11) is 0. The van der Waals surface area contributed by atoms with E-state index in [0.29, 0.717) is 0 Å². The molecule has 0 fully saturated rings. The second kappa shape index (κ2) is 7.72. The summed E-state index contributed by atoms with van der Waals surface area (Å²) in [6.45, 7) is 0.230. The van der Waals surface area contributed by atoms with Gasteiger partial charge in [0.15, 0.2) is 0 Å². The predicted molar refractivity (Wildman–Crippen MR) is 103 cm³/mol. The van der Waals surface area contributed by atoms with Gasteiger partial charge in [0.05, 0.1) is 0 Å². The summed E-state index contributed by atoms with van der Waals surface area (Å²) >= 11 is 0. The van der Waals surface area contributed by atoms with Crippen molar-refractivity contribution in [3.8, 4) is 0 Å². The van der Waals surface area contributed by atoms with Crippen LogP contribution in [0.1, 0.15) is 28.3 Å². The van der Waals surface area contributed by atoms with Crippen LogP contribution in [0.3, 0.4) is 0 Å². The molecule has 5 heteroatoms. The second-order valence-electron chi connectivity index (χ2n) is 6.41. The zero-order valence-electron chi connectivity index (χ0n) is 14.8. The van der Waals surface area contributed by atoms with E-state index in [1.165, 1.54) is 30.3 Å². The van der Waals surface area contributed by atoms with Crippen LogP contribution in [0.2, 0.25) is 0 Å². The van der Waals surface area contributed by atoms with Gasteiger partial charge in [0, 0.05) is 0 Å². The van der Waals surface area contributed by atoms with Gasteiger partial charge >= 0.3 is 0 Å². The van der Waals surface area contributed by atoms with Crippen LogP contribution >= 0.6 is 0 Å². The fraction of sp³-hybridized carbons (Fsp3) is 0.0870. The predicted octanol–water partition coefficient (Wildman–Crippen LogP) is 5.79. The number of ether oxygens (including phenoxy) is 1. The zero-order chi connectivity index (χ0) is 19.5. The Morgan fingerprint density at radius 1 is 0.786 bits per heavy atom. The Kier molecular flexibility index (Phi) is 4.98. The normalized spacial score (nSPS) is 16.2. The number of aliphatic imine (C=N–C) groups is 1. The SMILES string of the molecule is Fc1ccc(C=Cc2ccc(C3COC(c4c(F)cccc4F)=N3)cc2)cc1. The zero-order valence-corrected chi connectivity index (χ0v) is 14.8. The third kappa shape index (κ3) is 3.83. The minimum absolute atomic E-state index is 0.0131. The van der Waals surface area contributed by atoms with E-state index in [1.54, 1.807) is 12.1 Å². The summed E-state index contributed by atoms with van der Waals surface area (Å²) in [5, 5.41) is 0. The van der Waals surface area contributed by atoms with Gasteiger partial charge in [0.25, 0.3) is 0 Å². The van der Waals surface area contributed by atoms with Crippen LogP contribution in [-0.4, -0.2) is 12.5 Å². The van der Waals surface area contributed by atoms with Crippen molar-refractivity contribution in [1.29, 1.82) is 0 Å². The van der Waals surface area contributed by atoms with Crippen molar-refractivity contribution in [3.63, 3.8) is 0 Å². The molecule has 0 aliphatic carbocycles. The van der Waals surface area contributed by atoms with Gasteiger partial charge in [0.2, 0.25) is 5.90 Å². The van der Waals surface area contributed by atoms with Crippen molar-refractivity contribution in [2.45, 2.75) is 6.04 Å². The van der Waals surface area contributed by atoms with Gasteiger partial charge < -0.3 is 4.74 Å². The quantitative estimate of drug-likeness (QED) is 0.526. The number of halogens is 3. The van der Waals surface area contributed by atoms with Gasteiger partial charge in [-0.05, 0) is 41.0 Å². The lowest BCUT2D eigenvalue weighted by atomic mass is 10.1. The van der Waals surface area contributed by atoms with E-state index in [0.717, 1.165) is 16.7 Å². The first-order chi connectivity index (χ1) is 13.6. The van der Waals surface area contributed by atoms with Gasteiger partial charge in [0.1, 0.15) is 35.7 Å². The molecule has 1 unspecified atom stereocenters. The summed E-state index contributed by atoms with van der Waals surface area (Å²) in [4.78, 5) is 4.34. The third-order valence-corrected chi connectivity index (χ3v) is 4.49. The maximum Gasteiger partial charge on any atom is 0.222 e. The van der Waals surface area contributed by atoms with Gasteiger partial charge in [-0.15, -0.1) is 0 Å². The number of rotatable bonds is 4. The Labute approximate surface area is 160 Å². The second-order valence-corrected chi connectivity index (χ2v) is 6.41. The van der Waals surface area contributed by atoms with Crippen molar-refractivity contribution in [2.24, 2.45) is 4.99 Å². The summed E-state index contributed by atoms with van der Waals surface area (Å²) in [6.07, 6.45) is 3.82. The van der Waals surface area contributed by atoms with Crippen LogP contribution < -0.4 is 0 Å². The molecule has 3 aromatic rings.